The van der Waals surface area contributed by atoms with E-state index in [2.05, 4.69) is 38.8 Å². The number of nitrogens with two attached hydrogens (primary N) is 1. The van der Waals surface area contributed by atoms with Gasteiger partial charge in [-0.15, -0.1) is 0 Å². The van der Waals surface area contributed by atoms with Crippen molar-refractivity contribution < 1.29 is 13.7 Å². The molecule has 0 aliphatic carbocycles. The summed E-state index contributed by atoms with van der Waals surface area (Å²) < 4.78 is 19.0. The standard InChI is InChI=1S/C18H32N3O4PS3Si/c1-12(24-26(27)28-9-10-29-26)16-13(25-30(5,6)18(2,3)4)11-15(23-16)21-8-7-14(19)20-17(21)22/h7-8,12-13,15-16H,9-11H2,1-6H3,(H2,19,20,22)/t12-,13?,15-,16-/m1/s1. The van der Waals surface area contributed by atoms with Crippen LogP contribution in [0, 0.1) is 0 Å². The second-order valence-electron chi connectivity index (χ2n) is 9.17. The smallest absolute Gasteiger partial charge is 0.351 e. The number of nitrogens with zero attached hydrogens (tertiary/aromatic N) is 2. The summed E-state index contributed by atoms with van der Waals surface area (Å²) in [4.78, 5) is 16.2. The summed E-state index contributed by atoms with van der Waals surface area (Å²) in [6, 6.07) is 1.61. The molecule has 4 atom stereocenters. The third kappa shape index (κ3) is 5.54. The number of rotatable bonds is 6. The summed E-state index contributed by atoms with van der Waals surface area (Å²) in [5, 5.41) is 0.0583. The predicted octanol–water partition coefficient (Wildman–Crippen LogP) is 4.61. The Bertz CT molecular complexity index is 869. The van der Waals surface area contributed by atoms with Gasteiger partial charge in [0.05, 0.1) is 12.2 Å². The Hall–Kier alpha value is 0.127. The summed E-state index contributed by atoms with van der Waals surface area (Å²) in [5.41, 5.74) is 5.23. The largest absolute Gasteiger partial charge is 0.411 e. The number of nitrogen functional groups attached to an aromatic ring is 1. The Balaban J connectivity index is 1.85. The summed E-state index contributed by atoms with van der Waals surface area (Å²) in [5.74, 6) is 2.25. The molecule has 1 aromatic rings. The topological polar surface area (TPSA) is 88.6 Å². The average molecular weight is 510 g/mol. The second kappa shape index (κ2) is 9.17. The molecular formula is C18H32N3O4PS3Si. The highest BCUT2D eigenvalue weighted by Gasteiger charge is 2.48. The molecule has 0 spiro atoms. The van der Waals surface area contributed by atoms with Gasteiger partial charge in [0.15, 0.2) is 13.0 Å². The van der Waals surface area contributed by atoms with E-state index in [0.29, 0.717) is 6.42 Å². The molecule has 3 heterocycles. The lowest BCUT2D eigenvalue weighted by atomic mass is 10.1. The summed E-state index contributed by atoms with van der Waals surface area (Å²) >= 11 is 9.30. The molecule has 12 heteroatoms. The van der Waals surface area contributed by atoms with Crippen molar-refractivity contribution in [3.63, 3.8) is 0 Å². The van der Waals surface area contributed by atoms with Gasteiger partial charge in [-0.2, -0.15) is 4.98 Å². The monoisotopic (exact) mass is 509 g/mol. The highest BCUT2D eigenvalue weighted by molar-refractivity contribution is 9.00. The zero-order valence-electron chi connectivity index (χ0n) is 18.4. The molecule has 2 saturated heterocycles. The first kappa shape index (κ1) is 24.8. The van der Waals surface area contributed by atoms with Crippen LogP contribution in [0.3, 0.4) is 0 Å². The van der Waals surface area contributed by atoms with Crippen molar-refractivity contribution in [1.82, 2.24) is 9.55 Å². The van der Waals surface area contributed by atoms with Crippen molar-refractivity contribution in [1.29, 1.82) is 0 Å². The summed E-state index contributed by atoms with van der Waals surface area (Å²) in [7, 11) is -2.06. The van der Waals surface area contributed by atoms with Gasteiger partial charge in [-0.3, -0.25) is 4.57 Å². The third-order valence-corrected chi connectivity index (χ3v) is 20.2. The second-order valence-corrected chi connectivity index (χ2v) is 24.6. The van der Waals surface area contributed by atoms with Gasteiger partial charge in [-0.1, -0.05) is 43.5 Å². The van der Waals surface area contributed by atoms with Gasteiger partial charge in [0.25, 0.3) is 0 Å². The Labute approximate surface area is 192 Å². The average Bonchev–Trinajstić information content (AvgIpc) is 3.20. The van der Waals surface area contributed by atoms with Crippen LogP contribution in [0.1, 0.15) is 40.3 Å². The van der Waals surface area contributed by atoms with Crippen molar-refractivity contribution >= 4 is 53.4 Å². The van der Waals surface area contributed by atoms with Crippen LogP contribution >= 0.6 is 27.4 Å². The summed E-state index contributed by atoms with van der Waals surface area (Å²) in [6.45, 7) is 13.1. The van der Waals surface area contributed by atoms with Crippen molar-refractivity contribution in [2.45, 2.75) is 76.8 Å². The quantitative estimate of drug-likeness (QED) is 0.436. The molecule has 0 aromatic carbocycles. The van der Waals surface area contributed by atoms with Crippen LogP contribution in [-0.4, -0.2) is 47.7 Å². The molecule has 1 aromatic heterocycles. The molecule has 2 fully saturated rings. The van der Waals surface area contributed by atoms with Crippen LogP contribution in [-0.2, 0) is 25.5 Å². The minimum Gasteiger partial charge on any atom is -0.411 e. The summed E-state index contributed by atoms with van der Waals surface area (Å²) in [6.07, 6.45) is 0.992. The van der Waals surface area contributed by atoms with E-state index in [1.807, 2.05) is 6.92 Å². The van der Waals surface area contributed by atoms with Crippen LogP contribution in [0.5, 0.6) is 0 Å². The lowest BCUT2D eigenvalue weighted by molar-refractivity contribution is -0.0638. The number of ether oxygens (including phenoxy) is 1. The minimum absolute atomic E-state index is 0.0583. The van der Waals surface area contributed by atoms with E-state index in [0.717, 1.165) is 11.5 Å². The predicted molar refractivity (Wildman–Crippen MR) is 133 cm³/mol. The SMILES string of the molecule is C[C@@H](OP1(=S)SCCS1)[C@H]1O[C@@H](n2ccc(N)nc2=O)CC1O[Si](C)(C)C(C)(C)C. The Morgan fingerprint density at radius 1 is 1.40 bits per heavy atom. The van der Waals surface area contributed by atoms with Crippen LogP contribution in [0.4, 0.5) is 5.82 Å². The van der Waals surface area contributed by atoms with Crippen LogP contribution in [0.25, 0.3) is 0 Å². The molecule has 0 amide bonds. The van der Waals surface area contributed by atoms with Crippen molar-refractivity contribution in [2.75, 3.05) is 17.2 Å². The van der Waals surface area contributed by atoms with E-state index in [4.69, 9.17) is 31.2 Å². The highest BCUT2D eigenvalue weighted by Crippen LogP contribution is 2.75. The fraction of sp³-hybridized carbons (Fsp3) is 0.778. The molecule has 0 bridgehead atoms. The number of aromatic nitrogens is 2. The van der Waals surface area contributed by atoms with E-state index < -0.39 is 24.9 Å². The van der Waals surface area contributed by atoms with Gasteiger partial charge in [0, 0.05) is 24.1 Å². The third-order valence-electron chi connectivity index (χ3n) is 5.87. The normalized spacial score (nSPS) is 28.0. The molecular weight excluding hydrogens is 477 g/mol. The first-order valence-corrected chi connectivity index (χ1v) is 18.9. The number of hydrogen-bond acceptors (Lipinski definition) is 9. The maximum atomic E-state index is 12.4. The molecule has 0 saturated carbocycles. The fourth-order valence-corrected chi connectivity index (χ4v) is 14.2. The van der Waals surface area contributed by atoms with Gasteiger partial charge in [0.1, 0.15) is 18.1 Å². The molecule has 30 heavy (non-hydrogen) atoms. The lowest BCUT2D eigenvalue weighted by Gasteiger charge is -2.40. The van der Waals surface area contributed by atoms with E-state index in [1.165, 1.54) is 4.57 Å². The van der Waals surface area contributed by atoms with Crippen molar-refractivity contribution in [3.8, 4) is 0 Å². The molecule has 2 N–H and O–H groups in total. The van der Waals surface area contributed by atoms with Crippen LogP contribution < -0.4 is 11.4 Å². The van der Waals surface area contributed by atoms with Gasteiger partial charge in [0.2, 0.25) is 0 Å². The lowest BCUT2D eigenvalue weighted by Crippen LogP contribution is -2.48. The van der Waals surface area contributed by atoms with Gasteiger partial charge in [-0.25, -0.2) is 4.79 Å². The van der Waals surface area contributed by atoms with E-state index in [1.54, 1.807) is 35.0 Å². The fourth-order valence-electron chi connectivity index (χ4n) is 3.22. The first-order chi connectivity index (χ1) is 13.8. The first-order valence-electron chi connectivity index (χ1n) is 10.1. The number of hydrogen-bond donors (Lipinski definition) is 1. The Morgan fingerprint density at radius 3 is 2.60 bits per heavy atom. The van der Waals surface area contributed by atoms with E-state index in [9.17, 15) is 4.79 Å². The molecule has 2 aliphatic heterocycles. The van der Waals surface area contributed by atoms with Gasteiger partial charge >= 0.3 is 5.69 Å². The molecule has 7 nitrogen and oxygen atoms in total. The van der Waals surface area contributed by atoms with Gasteiger partial charge in [-0.05, 0) is 42.9 Å². The van der Waals surface area contributed by atoms with Crippen LogP contribution in [0.2, 0.25) is 18.1 Å². The maximum Gasteiger partial charge on any atom is 0.351 e. The van der Waals surface area contributed by atoms with Gasteiger partial charge < -0.3 is 19.4 Å². The van der Waals surface area contributed by atoms with E-state index in [-0.39, 0.29) is 29.2 Å². The van der Waals surface area contributed by atoms with E-state index >= 15 is 0 Å². The molecule has 1 unspecified atom stereocenters. The molecule has 2 aliphatic rings. The Morgan fingerprint density at radius 2 is 2.03 bits per heavy atom. The molecule has 0 radical (unpaired) electrons. The van der Waals surface area contributed by atoms with Crippen molar-refractivity contribution in [2.24, 2.45) is 0 Å². The zero-order chi connectivity index (χ0) is 22.3. The Kier molecular flexibility index (Phi) is 7.57. The zero-order valence-corrected chi connectivity index (χ0v) is 22.7. The highest BCUT2D eigenvalue weighted by atomic mass is 33.2. The maximum absolute atomic E-state index is 12.4. The van der Waals surface area contributed by atoms with Crippen molar-refractivity contribution in [3.05, 3.63) is 22.7 Å². The van der Waals surface area contributed by atoms with Crippen LogP contribution in [0.15, 0.2) is 17.1 Å². The molecule has 3 rings (SSSR count). The minimum atomic E-state index is -2.06. The molecule has 170 valence electrons. The number of anilines is 1.